The summed E-state index contributed by atoms with van der Waals surface area (Å²) in [6, 6.07) is 9.38. The molecule has 0 aliphatic heterocycles. The highest BCUT2D eigenvalue weighted by molar-refractivity contribution is 5.30. The Morgan fingerprint density at radius 1 is 0.870 bits per heavy atom. The van der Waals surface area contributed by atoms with E-state index in [1.54, 1.807) is 16.8 Å². The number of hydrogen-bond donors (Lipinski definition) is 1. The van der Waals surface area contributed by atoms with Crippen LogP contribution in [0.15, 0.2) is 39.9 Å². The molecule has 1 heterocycles. The van der Waals surface area contributed by atoms with E-state index in [0.29, 0.717) is 17.5 Å². The normalized spacial score (nSPS) is 34.9. The van der Waals surface area contributed by atoms with Gasteiger partial charge in [-0.3, -0.25) is 0 Å². The molecule has 23 heavy (non-hydrogen) atoms. The monoisotopic (exact) mass is 311 g/mol. The molecule has 0 unspecified atom stereocenters. The summed E-state index contributed by atoms with van der Waals surface area (Å²) in [5.74, 6) is 2.83. The minimum absolute atomic E-state index is 0.188. The number of nitrogens with one attached hydrogen (secondary N) is 1. The van der Waals surface area contributed by atoms with Crippen molar-refractivity contribution in [3.05, 3.63) is 51.3 Å². The van der Waals surface area contributed by atoms with Gasteiger partial charge in [-0.2, -0.15) is 0 Å². The maximum absolute atomic E-state index is 12.9. The fraction of sp³-hybridized carbons (Fsp3) is 0.556. The van der Waals surface area contributed by atoms with Crippen molar-refractivity contribution >= 4 is 0 Å². The van der Waals surface area contributed by atoms with Gasteiger partial charge < -0.3 is 0 Å². The molecular weight excluding hydrogens is 290 g/mol. The fourth-order valence-corrected chi connectivity index (χ4v) is 5.72. The lowest BCUT2D eigenvalue weighted by molar-refractivity contribution is -0.0352. The minimum atomic E-state index is -0.324. The predicted octanol–water partition coefficient (Wildman–Crippen LogP) is 2.32. The van der Waals surface area contributed by atoms with E-state index >= 15 is 0 Å². The summed E-state index contributed by atoms with van der Waals surface area (Å²) in [6.45, 7) is 0. The Labute approximate surface area is 133 Å². The van der Waals surface area contributed by atoms with Crippen LogP contribution in [0.1, 0.15) is 38.1 Å². The van der Waals surface area contributed by atoms with Crippen molar-refractivity contribution in [2.45, 2.75) is 38.1 Å². The van der Waals surface area contributed by atoms with E-state index in [4.69, 9.17) is 0 Å². The third-order valence-electron chi connectivity index (χ3n) is 6.31. The average Bonchev–Trinajstić information content (AvgIpc) is 2.82. The quantitative estimate of drug-likeness (QED) is 0.925. The molecule has 4 saturated carbocycles. The Balaban J connectivity index is 1.60. The fourth-order valence-electron chi connectivity index (χ4n) is 5.72. The lowest BCUT2D eigenvalue weighted by atomic mass is 9.54. The SMILES string of the molecule is O=c1[nH]n(C2C3CC4CC(C3)CC2C4)c(=O)n1-c1ccccc1. The van der Waals surface area contributed by atoms with Gasteiger partial charge in [-0.1, -0.05) is 18.2 Å². The van der Waals surface area contributed by atoms with Crippen LogP contribution in [0.5, 0.6) is 0 Å². The first-order valence-corrected chi connectivity index (χ1v) is 8.69. The number of nitrogens with zero attached hydrogens (tertiary/aromatic N) is 2. The van der Waals surface area contributed by atoms with Crippen molar-refractivity contribution in [2.24, 2.45) is 23.7 Å². The molecule has 4 aliphatic carbocycles. The lowest BCUT2D eigenvalue weighted by Gasteiger charge is -2.54. The predicted molar refractivity (Wildman–Crippen MR) is 86.7 cm³/mol. The molecule has 4 bridgehead atoms. The van der Waals surface area contributed by atoms with Gasteiger partial charge in [-0.25, -0.2) is 23.9 Å². The molecule has 120 valence electrons. The van der Waals surface area contributed by atoms with Crippen LogP contribution >= 0.6 is 0 Å². The Morgan fingerprint density at radius 2 is 1.48 bits per heavy atom. The Hall–Kier alpha value is -2.04. The van der Waals surface area contributed by atoms with Crippen LogP contribution in [-0.2, 0) is 0 Å². The topological polar surface area (TPSA) is 59.8 Å². The zero-order valence-corrected chi connectivity index (χ0v) is 13.0. The van der Waals surface area contributed by atoms with E-state index in [-0.39, 0.29) is 17.4 Å². The summed E-state index contributed by atoms with van der Waals surface area (Å²) >= 11 is 0. The van der Waals surface area contributed by atoms with Crippen molar-refractivity contribution in [3.8, 4) is 5.69 Å². The highest BCUT2D eigenvalue weighted by Crippen LogP contribution is 2.57. The molecule has 0 spiro atoms. The van der Waals surface area contributed by atoms with Gasteiger partial charge in [0.1, 0.15) is 0 Å². The number of benzene rings is 1. The summed E-state index contributed by atoms with van der Waals surface area (Å²) in [5, 5.41) is 2.85. The average molecular weight is 311 g/mol. The summed E-state index contributed by atoms with van der Waals surface area (Å²) in [6.07, 6.45) is 6.28. The molecule has 0 amide bonds. The second kappa shape index (κ2) is 4.73. The van der Waals surface area contributed by atoms with E-state index in [0.717, 1.165) is 11.8 Å². The second-order valence-corrected chi connectivity index (χ2v) is 7.66. The highest BCUT2D eigenvalue weighted by atomic mass is 16.2. The maximum Gasteiger partial charge on any atom is 0.351 e. The molecule has 1 aromatic carbocycles. The van der Waals surface area contributed by atoms with Gasteiger partial charge in [0.05, 0.1) is 11.7 Å². The molecule has 0 atom stereocenters. The summed E-state index contributed by atoms with van der Waals surface area (Å²) < 4.78 is 2.92. The summed E-state index contributed by atoms with van der Waals surface area (Å²) in [5.41, 5.74) is 0.106. The Bertz CT molecular complexity index is 817. The van der Waals surface area contributed by atoms with Crippen LogP contribution in [0.4, 0.5) is 0 Å². The van der Waals surface area contributed by atoms with Crippen molar-refractivity contribution in [3.63, 3.8) is 0 Å². The molecule has 2 aromatic rings. The highest BCUT2D eigenvalue weighted by Gasteiger charge is 2.49. The molecule has 1 N–H and O–H groups in total. The van der Waals surface area contributed by atoms with E-state index in [9.17, 15) is 9.59 Å². The van der Waals surface area contributed by atoms with Crippen molar-refractivity contribution < 1.29 is 0 Å². The van der Waals surface area contributed by atoms with E-state index in [2.05, 4.69) is 5.10 Å². The van der Waals surface area contributed by atoms with E-state index < -0.39 is 0 Å². The van der Waals surface area contributed by atoms with Crippen LogP contribution in [-0.4, -0.2) is 14.3 Å². The second-order valence-electron chi connectivity index (χ2n) is 7.66. The Kier molecular flexibility index (Phi) is 2.75. The number of aromatic nitrogens is 3. The van der Waals surface area contributed by atoms with Crippen LogP contribution in [0, 0.1) is 23.7 Å². The molecule has 0 radical (unpaired) electrons. The smallest absolute Gasteiger partial charge is 0.246 e. The number of para-hydroxylation sites is 1. The first kappa shape index (κ1) is 13.4. The van der Waals surface area contributed by atoms with Crippen LogP contribution in [0.25, 0.3) is 5.69 Å². The molecule has 4 aliphatic rings. The molecule has 5 heteroatoms. The summed E-state index contributed by atoms with van der Waals surface area (Å²) in [7, 11) is 0. The van der Waals surface area contributed by atoms with E-state index in [1.165, 1.54) is 36.7 Å². The molecular formula is C18H21N3O2. The molecule has 1 aromatic heterocycles. The Morgan fingerprint density at radius 3 is 2.09 bits per heavy atom. The van der Waals surface area contributed by atoms with Crippen LogP contribution in [0.2, 0.25) is 0 Å². The van der Waals surface area contributed by atoms with Gasteiger partial charge >= 0.3 is 11.4 Å². The number of H-pyrrole nitrogens is 1. The third kappa shape index (κ3) is 1.92. The molecule has 4 fully saturated rings. The summed E-state index contributed by atoms with van der Waals surface area (Å²) in [4.78, 5) is 25.3. The molecule has 5 nitrogen and oxygen atoms in total. The number of rotatable bonds is 2. The van der Waals surface area contributed by atoms with E-state index in [1.807, 2.05) is 18.2 Å². The van der Waals surface area contributed by atoms with Gasteiger partial charge in [0, 0.05) is 0 Å². The van der Waals surface area contributed by atoms with Gasteiger partial charge in [0.25, 0.3) is 0 Å². The molecule has 6 rings (SSSR count). The maximum atomic E-state index is 12.9. The van der Waals surface area contributed by atoms with Crippen molar-refractivity contribution in [1.29, 1.82) is 0 Å². The zero-order valence-electron chi connectivity index (χ0n) is 13.0. The number of aromatic amines is 1. The van der Waals surface area contributed by atoms with Gasteiger partial charge in [-0.05, 0) is 67.9 Å². The standard InChI is InChI=1S/C18H21N3O2/c22-17-19-21(18(23)20(17)15-4-2-1-3-5-15)16-13-7-11-6-12(9-13)10-14(16)8-11/h1-5,11-14,16H,6-10H2,(H,19,22). The lowest BCUT2D eigenvalue weighted by Crippen LogP contribution is -2.48. The first-order valence-electron chi connectivity index (χ1n) is 8.69. The first-order chi connectivity index (χ1) is 11.2. The largest absolute Gasteiger partial charge is 0.351 e. The van der Waals surface area contributed by atoms with Gasteiger partial charge in [0.15, 0.2) is 0 Å². The molecule has 0 saturated heterocycles. The minimum Gasteiger partial charge on any atom is -0.246 e. The third-order valence-corrected chi connectivity index (χ3v) is 6.31. The van der Waals surface area contributed by atoms with Crippen molar-refractivity contribution in [1.82, 2.24) is 14.3 Å². The van der Waals surface area contributed by atoms with Gasteiger partial charge in [0.2, 0.25) is 0 Å². The van der Waals surface area contributed by atoms with Crippen LogP contribution in [0.3, 0.4) is 0 Å². The van der Waals surface area contributed by atoms with Crippen molar-refractivity contribution in [2.75, 3.05) is 0 Å². The zero-order chi connectivity index (χ0) is 15.6. The van der Waals surface area contributed by atoms with Crippen LogP contribution < -0.4 is 11.4 Å². The van der Waals surface area contributed by atoms with Gasteiger partial charge in [-0.15, -0.1) is 0 Å². The number of hydrogen-bond acceptors (Lipinski definition) is 2.